The topological polar surface area (TPSA) is 65.3 Å². The summed E-state index contributed by atoms with van der Waals surface area (Å²) in [6.45, 7) is 2.40. The van der Waals surface area contributed by atoms with Gasteiger partial charge in [-0.15, -0.1) is 0 Å². The lowest BCUT2D eigenvalue weighted by atomic mass is 10.0. The van der Waals surface area contributed by atoms with Gasteiger partial charge in [-0.25, -0.2) is 0 Å². The first-order valence-corrected chi connectivity index (χ1v) is 6.41. The number of phenols is 1. The van der Waals surface area contributed by atoms with E-state index in [0.29, 0.717) is 17.9 Å². The van der Waals surface area contributed by atoms with E-state index < -0.39 is 0 Å². The maximum Gasteiger partial charge on any atom is 0.128 e. The van der Waals surface area contributed by atoms with E-state index in [2.05, 4.69) is 11.4 Å². The molecule has 20 heavy (non-hydrogen) atoms. The van der Waals surface area contributed by atoms with Crippen molar-refractivity contribution in [1.82, 2.24) is 0 Å². The molecule has 1 aliphatic heterocycles. The van der Waals surface area contributed by atoms with Crippen LogP contribution in [0.5, 0.6) is 11.5 Å². The predicted molar refractivity (Wildman–Crippen MR) is 75.9 cm³/mol. The van der Waals surface area contributed by atoms with Crippen LogP contribution in [0.1, 0.15) is 22.7 Å². The molecule has 1 atom stereocenters. The Labute approximate surface area is 117 Å². The van der Waals surface area contributed by atoms with Gasteiger partial charge in [0.1, 0.15) is 24.2 Å². The van der Waals surface area contributed by atoms with Crippen LogP contribution < -0.4 is 10.1 Å². The number of phenolic OH excluding ortho intramolecular Hbond substituents is 1. The van der Waals surface area contributed by atoms with E-state index in [9.17, 15) is 10.4 Å². The minimum Gasteiger partial charge on any atom is -0.508 e. The third-order valence-electron chi connectivity index (χ3n) is 3.49. The summed E-state index contributed by atoms with van der Waals surface area (Å²) in [5.41, 5.74) is 3.40. The van der Waals surface area contributed by atoms with Crippen LogP contribution in [-0.2, 0) is 0 Å². The van der Waals surface area contributed by atoms with Crippen LogP contribution in [0.2, 0.25) is 0 Å². The number of nitrogens with zero attached hydrogens (tertiary/aromatic N) is 1. The molecular formula is C16H14N2O2. The molecule has 0 aromatic heterocycles. The number of aryl methyl sites for hydroxylation is 1. The second kappa shape index (κ2) is 4.78. The van der Waals surface area contributed by atoms with Gasteiger partial charge in [0.25, 0.3) is 0 Å². The molecule has 0 spiro atoms. The molecule has 4 nitrogen and oxygen atoms in total. The number of nitriles is 1. The standard InChI is InChI=1S/C16H14N2O2/c1-10-3-2-4-14(13(10)8-17)18-15-9-20-16-7-11(19)5-6-12(15)16/h2-7,15,18-19H,9H2,1H3. The summed E-state index contributed by atoms with van der Waals surface area (Å²) in [5, 5.41) is 22.0. The number of aromatic hydroxyl groups is 1. The van der Waals surface area contributed by atoms with Gasteiger partial charge in [-0.05, 0) is 30.7 Å². The summed E-state index contributed by atoms with van der Waals surface area (Å²) in [4.78, 5) is 0. The molecular weight excluding hydrogens is 252 g/mol. The number of fused-ring (bicyclic) bond motifs is 1. The second-order valence-corrected chi connectivity index (χ2v) is 4.84. The highest BCUT2D eigenvalue weighted by Gasteiger charge is 2.25. The lowest BCUT2D eigenvalue weighted by Crippen LogP contribution is -2.13. The van der Waals surface area contributed by atoms with Crippen molar-refractivity contribution in [2.75, 3.05) is 11.9 Å². The second-order valence-electron chi connectivity index (χ2n) is 4.84. The first kappa shape index (κ1) is 12.4. The molecule has 0 aliphatic carbocycles. The van der Waals surface area contributed by atoms with E-state index in [-0.39, 0.29) is 11.8 Å². The third kappa shape index (κ3) is 2.04. The van der Waals surface area contributed by atoms with Crippen LogP contribution in [-0.4, -0.2) is 11.7 Å². The fourth-order valence-corrected chi connectivity index (χ4v) is 2.44. The predicted octanol–water partition coefficient (Wildman–Crippen LogP) is 3.12. The maximum atomic E-state index is 9.45. The van der Waals surface area contributed by atoms with Gasteiger partial charge in [-0.3, -0.25) is 0 Å². The summed E-state index contributed by atoms with van der Waals surface area (Å²) < 4.78 is 5.56. The number of anilines is 1. The zero-order valence-corrected chi connectivity index (χ0v) is 11.1. The molecule has 0 amide bonds. The SMILES string of the molecule is Cc1cccc(NC2COc3cc(O)ccc32)c1C#N. The molecule has 4 heteroatoms. The van der Waals surface area contributed by atoms with Crippen molar-refractivity contribution in [3.8, 4) is 17.6 Å². The Balaban J connectivity index is 1.92. The lowest BCUT2D eigenvalue weighted by Gasteiger charge is -2.15. The molecule has 0 bridgehead atoms. The van der Waals surface area contributed by atoms with Gasteiger partial charge in [0.2, 0.25) is 0 Å². The van der Waals surface area contributed by atoms with Gasteiger partial charge >= 0.3 is 0 Å². The molecule has 1 aliphatic rings. The first-order chi connectivity index (χ1) is 9.69. The van der Waals surface area contributed by atoms with Crippen LogP contribution in [0.25, 0.3) is 0 Å². The van der Waals surface area contributed by atoms with E-state index >= 15 is 0 Å². The van der Waals surface area contributed by atoms with Gasteiger partial charge in [0.05, 0.1) is 17.3 Å². The third-order valence-corrected chi connectivity index (χ3v) is 3.49. The molecule has 0 fully saturated rings. The zero-order chi connectivity index (χ0) is 14.1. The molecule has 100 valence electrons. The van der Waals surface area contributed by atoms with Crippen LogP contribution in [0.4, 0.5) is 5.69 Å². The van der Waals surface area contributed by atoms with E-state index in [1.165, 1.54) is 0 Å². The summed E-state index contributed by atoms with van der Waals surface area (Å²) in [6, 6.07) is 13.0. The Morgan fingerprint density at radius 2 is 2.20 bits per heavy atom. The fraction of sp³-hybridized carbons (Fsp3) is 0.188. The minimum absolute atomic E-state index is 0.0144. The van der Waals surface area contributed by atoms with Crippen molar-refractivity contribution >= 4 is 5.69 Å². The molecule has 1 unspecified atom stereocenters. The Kier molecular flexibility index (Phi) is 2.96. The highest BCUT2D eigenvalue weighted by Crippen LogP contribution is 2.37. The smallest absolute Gasteiger partial charge is 0.128 e. The van der Waals surface area contributed by atoms with E-state index in [1.807, 2.05) is 31.2 Å². The summed E-state index contributed by atoms with van der Waals surface area (Å²) in [7, 11) is 0. The molecule has 3 rings (SSSR count). The van der Waals surface area contributed by atoms with Crippen molar-refractivity contribution in [2.24, 2.45) is 0 Å². The first-order valence-electron chi connectivity index (χ1n) is 6.41. The summed E-state index contributed by atoms with van der Waals surface area (Å²) in [6.07, 6.45) is 0. The Morgan fingerprint density at radius 1 is 1.35 bits per heavy atom. The molecule has 0 saturated heterocycles. The van der Waals surface area contributed by atoms with Crippen molar-refractivity contribution in [3.05, 3.63) is 53.1 Å². The summed E-state index contributed by atoms with van der Waals surface area (Å²) >= 11 is 0. The number of nitrogens with one attached hydrogen (secondary N) is 1. The van der Waals surface area contributed by atoms with Gasteiger partial charge in [-0.2, -0.15) is 5.26 Å². The van der Waals surface area contributed by atoms with Crippen molar-refractivity contribution in [3.63, 3.8) is 0 Å². The van der Waals surface area contributed by atoms with Crippen LogP contribution in [0.3, 0.4) is 0 Å². The van der Waals surface area contributed by atoms with Crippen LogP contribution in [0, 0.1) is 18.3 Å². The Bertz CT molecular complexity index is 704. The van der Waals surface area contributed by atoms with E-state index in [4.69, 9.17) is 4.74 Å². The van der Waals surface area contributed by atoms with Gasteiger partial charge in [-0.1, -0.05) is 12.1 Å². The van der Waals surface area contributed by atoms with Gasteiger partial charge in [0, 0.05) is 11.6 Å². The summed E-state index contributed by atoms with van der Waals surface area (Å²) in [5.74, 6) is 0.881. The van der Waals surface area contributed by atoms with Crippen molar-refractivity contribution in [2.45, 2.75) is 13.0 Å². The fourth-order valence-electron chi connectivity index (χ4n) is 2.44. The average molecular weight is 266 g/mol. The largest absolute Gasteiger partial charge is 0.508 e. The Hall–Kier alpha value is -2.67. The number of hydrogen-bond acceptors (Lipinski definition) is 4. The normalized spacial score (nSPS) is 16.1. The van der Waals surface area contributed by atoms with Crippen molar-refractivity contribution < 1.29 is 9.84 Å². The quantitative estimate of drug-likeness (QED) is 0.876. The zero-order valence-electron chi connectivity index (χ0n) is 11.1. The molecule has 2 aromatic rings. The number of ether oxygens (including phenoxy) is 1. The van der Waals surface area contributed by atoms with E-state index in [1.54, 1.807) is 12.1 Å². The monoisotopic (exact) mass is 266 g/mol. The number of hydrogen-bond donors (Lipinski definition) is 2. The van der Waals surface area contributed by atoms with Gasteiger partial charge < -0.3 is 15.2 Å². The molecule has 0 radical (unpaired) electrons. The number of benzene rings is 2. The molecule has 2 N–H and O–H groups in total. The van der Waals surface area contributed by atoms with Crippen molar-refractivity contribution in [1.29, 1.82) is 5.26 Å². The van der Waals surface area contributed by atoms with Crippen LogP contribution in [0.15, 0.2) is 36.4 Å². The lowest BCUT2D eigenvalue weighted by molar-refractivity contribution is 0.338. The molecule has 0 saturated carbocycles. The number of rotatable bonds is 2. The highest BCUT2D eigenvalue weighted by molar-refractivity contribution is 5.62. The maximum absolute atomic E-state index is 9.45. The molecule has 2 aromatic carbocycles. The van der Waals surface area contributed by atoms with Crippen LogP contribution >= 0.6 is 0 Å². The highest BCUT2D eigenvalue weighted by atomic mass is 16.5. The average Bonchev–Trinajstić information content (AvgIpc) is 2.81. The van der Waals surface area contributed by atoms with Gasteiger partial charge in [0.15, 0.2) is 0 Å². The van der Waals surface area contributed by atoms with E-state index in [0.717, 1.165) is 16.8 Å². The molecule has 1 heterocycles. The minimum atomic E-state index is -0.0144. The Morgan fingerprint density at radius 3 is 3.00 bits per heavy atom.